The molecule has 0 radical (unpaired) electrons. The van der Waals surface area contributed by atoms with Crippen LogP contribution in [0.2, 0.25) is 0 Å². The first-order valence-electron chi connectivity index (χ1n) is 9.07. The predicted octanol–water partition coefficient (Wildman–Crippen LogP) is 2.39. The van der Waals surface area contributed by atoms with Crippen LogP contribution < -0.4 is 10.6 Å². The Balaban J connectivity index is 1.59. The van der Waals surface area contributed by atoms with E-state index in [-0.39, 0.29) is 36.1 Å². The first kappa shape index (κ1) is 17.7. The van der Waals surface area contributed by atoms with E-state index in [0.29, 0.717) is 19.5 Å². The van der Waals surface area contributed by atoms with Crippen LogP contribution in [0.5, 0.6) is 0 Å². The molecule has 2 aliphatic heterocycles. The summed E-state index contributed by atoms with van der Waals surface area (Å²) < 4.78 is 5.89. The van der Waals surface area contributed by atoms with Gasteiger partial charge in [-0.25, -0.2) is 4.79 Å². The third-order valence-corrected chi connectivity index (χ3v) is 4.83. The van der Waals surface area contributed by atoms with Gasteiger partial charge in [-0.1, -0.05) is 19.1 Å². The van der Waals surface area contributed by atoms with Crippen LogP contribution in [0.15, 0.2) is 24.3 Å². The van der Waals surface area contributed by atoms with Crippen LogP contribution in [-0.2, 0) is 16.0 Å². The second-order valence-corrected chi connectivity index (χ2v) is 7.19. The number of morpholine rings is 1. The van der Waals surface area contributed by atoms with Crippen molar-refractivity contribution in [3.8, 4) is 0 Å². The number of likely N-dealkylation sites (tertiary alicyclic amines) is 1. The number of carbonyl (C=O) groups is 2. The lowest BCUT2D eigenvalue weighted by molar-refractivity contribution is -0.128. The molecule has 2 bridgehead atoms. The van der Waals surface area contributed by atoms with Gasteiger partial charge in [0, 0.05) is 24.8 Å². The molecule has 2 N–H and O–H groups in total. The van der Waals surface area contributed by atoms with Gasteiger partial charge >= 0.3 is 6.03 Å². The van der Waals surface area contributed by atoms with Crippen molar-refractivity contribution in [1.29, 1.82) is 0 Å². The summed E-state index contributed by atoms with van der Waals surface area (Å²) in [6.07, 6.45) is 1.37. The lowest BCUT2D eigenvalue weighted by atomic mass is 9.99. The molecule has 3 atom stereocenters. The smallest absolute Gasteiger partial charge is 0.322 e. The zero-order valence-corrected chi connectivity index (χ0v) is 15.1. The summed E-state index contributed by atoms with van der Waals surface area (Å²) in [6, 6.07) is 7.86. The fraction of sp³-hybridized carbons (Fsp3) is 0.579. The van der Waals surface area contributed by atoms with E-state index in [4.69, 9.17) is 4.74 Å². The van der Waals surface area contributed by atoms with Crippen molar-refractivity contribution in [2.75, 3.05) is 18.4 Å². The average molecular weight is 345 g/mol. The van der Waals surface area contributed by atoms with Crippen molar-refractivity contribution in [3.63, 3.8) is 0 Å². The van der Waals surface area contributed by atoms with Gasteiger partial charge in [0.1, 0.15) is 0 Å². The normalized spacial score (nSPS) is 25.1. The Morgan fingerprint density at radius 2 is 1.96 bits per heavy atom. The van der Waals surface area contributed by atoms with E-state index in [1.807, 2.05) is 38.1 Å². The van der Waals surface area contributed by atoms with Crippen LogP contribution in [0, 0.1) is 5.92 Å². The van der Waals surface area contributed by atoms with Gasteiger partial charge in [-0.2, -0.15) is 0 Å². The minimum Gasteiger partial charge on any atom is -0.370 e. The highest BCUT2D eigenvalue weighted by Gasteiger charge is 2.45. The van der Waals surface area contributed by atoms with Crippen molar-refractivity contribution >= 4 is 17.6 Å². The molecule has 1 aromatic rings. The number of anilines is 1. The molecule has 0 spiro atoms. The Kier molecular flexibility index (Phi) is 5.27. The molecule has 0 saturated carbocycles. The predicted molar refractivity (Wildman–Crippen MR) is 96.5 cm³/mol. The molecular formula is C19H27N3O3. The zero-order chi connectivity index (χ0) is 18.0. The third kappa shape index (κ3) is 4.12. The maximum Gasteiger partial charge on any atom is 0.322 e. The zero-order valence-electron chi connectivity index (χ0n) is 15.1. The SMILES string of the molecule is CCc1ccc(NC(=O)N2C[C@H]3C[C@H](C(=O)NC(C)C)[C@@H](C2)O3)cc1. The van der Waals surface area contributed by atoms with Crippen molar-refractivity contribution in [3.05, 3.63) is 29.8 Å². The van der Waals surface area contributed by atoms with Crippen molar-refractivity contribution in [2.24, 2.45) is 5.92 Å². The Morgan fingerprint density at radius 3 is 2.60 bits per heavy atom. The lowest BCUT2D eigenvalue weighted by Crippen LogP contribution is -2.49. The molecule has 2 aliphatic rings. The molecule has 25 heavy (non-hydrogen) atoms. The highest BCUT2D eigenvalue weighted by Crippen LogP contribution is 2.32. The van der Waals surface area contributed by atoms with E-state index in [2.05, 4.69) is 17.6 Å². The van der Waals surface area contributed by atoms with Gasteiger partial charge in [-0.05, 0) is 44.4 Å². The van der Waals surface area contributed by atoms with Crippen molar-refractivity contribution in [2.45, 2.75) is 51.9 Å². The average Bonchev–Trinajstić information content (AvgIpc) is 2.89. The van der Waals surface area contributed by atoms with E-state index in [0.717, 1.165) is 12.1 Å². The molecular weight excluding hydrogens is 318 g/mol. The molecule has 3 amide bonds. The van der Waals surface area contributed by atoms with Crippen LogP contribution in [0.4, 0.5) is 10.5 Å². The summed E-state index contributed by atoms with van der Waals surface area (Å²) in [5.41, 5.74) is 2.02. The number of hydrogen-bond acceptors (Lipinski definition) is 3. The summed E-state index contributed by atoms with van der Waals surface area (Å²) in [4.78, 5) is 26.6. The van der Waals surface area contributed by atoms with Crippen LogP contribution in [0.25, 0.3) is 0 Å². The van der Waals surface area contributed by atoms with Gasteiger partial charge in [0.2, 0.25) is 5.91 Å². The number of carbonyl (C=O) groups excluding carboxylic acids is 2. The highest BCUT2D eigenvalue weighted by atomic mass is 16.5. The summed E-state index contributed by atoms with van der Waals surface area (Å²) >= 11 is 0. The van der Waals surface area contributed by atoms with Crippen LogP contribution in [0.3, 0.4) is 0 Å². The Morgan fingerprint density at radius 1 is 1.24 bits per heavy atom. The number of amides is 3. The number of nitrogens with one attached hydrogen (secondary N) is 2. The number of hydrogen-bond donors (Lipinski definition) is 2. The first-order chi connectivity index (χ1) is 12.0. The Hall–Kier alpha value is -2.08. The van der Waals surface area contributed by atoms with E-state index < -0.39 is 0 Å². The van der Waals surface area contributed by atoms with Gasteiger partial charge in [-0.3, -0.25) is 4.79 Å². The monoisotopic (exact) mass is 345 g/mol. The van der Waals surface area contributed by atoms with E-state index in [1.54, 1.807) is 4.90 Å². The van der Waals surface area contributed by atoms with Crippen LogP contribution in [-0.4, -0.2) is 48.2 Å². The topological polar surface area (TPSA) is 70.7 Å². The van der Waals surface area contributed by atoms with Gasteiger partial charge in [0.25, 0.3) is 0 Å². The number of nitrogens with zero attached hydrogens (tertiary/aromatic N) is 1. The minimum absolute atomic E-state index is 0.0277. The molecule has 136 valence electrons. The number of ether oxygens (including phenoxy) is 1. The lowest BCUT2D eigenvalue weighted by Gasteiger charge is -2.32. The Labute approximate surface area is 148 Å². The van der Waals surface area contributed by atoms with Gasteiger partial charge < -0.3 is 20.3 Å². The number of rotatable bonds is 4. The number of fused-ring (bicyclic) bond motifs is 2. The molecule has 2 saturated heterocycles. The number of urea groups is 1. The van der Waals surface area contributed by atoms with E-state index >= 15 is 0 Å². The Bertz CT molecular complexity index is 629. The number of aryl methyl sites for hydroxylation is 1. The fourth-order valence-corrected chi connectivity index (χ4v) is 3.52. The second-order valence-electron chi connectivity index (χ2n) is 7.19. The standard InChI is InChI=1S/C19H27N3O3/c1-4-13-5-7-14(8-6-13)21-19(24)22-10-15-9-16(17(11-22)25-15)18(23)20-12(2)3/h5-8,12,15-17H,4,9-11H2,1-3H3,(H,20,23)(H,21,24)/t15-,16+,17-/m1/s1. The van der Waals surface area contributed by atoms with E-state index in [1.165, 1.54) is 5.56 Å². The third-order valence-electron chi connectivity index (χ3n) is 4.83. The molecule has 6 nitrogen and oxygen atoms in total. The summed E-state index contributed by atoms with van der Waals surface area (Å²) in [7, 11) is 0. The molecule has 2 fully saturated rings. The highest BCUT2D eigenvalue weighted by molar-refractivity contribution is 5.89. The summed E-state index contributed by atoms with van der Waals surface area (Å²) in [5, 5.41) is 5.89. The molecule has 3 rings (SSSR count). The van der Waals surface area contributed by atoms with Gasteiger partial charge in [-0.15, -0.1) is 0 Å². The maximum absolute atomic E-state index is 12.6. The quantitative estimate of drug-likeness (QED) is 0.880. The molecule has 0 unspecified atom stereocenters. The first-order valence-corrected chi connectivity index (χ1v) is 9.07. The largest absolute Gasteiger partial charge is 0.370 e. The van der Waals surface area contributed by atoms with Crippen molar-refractivity contribution in [1.82, 2.24) is 10.2 Å². The molecule has 1 aromatic carbocycles. The van der Waals surface area contributed by atoms with Crippen LogP contribution >= 0.6 is 0 Å². The van der Waals surface area contributed by atoms with E-state index in [9.17, 15) is 9.59 Å². The molecule has 0 aromatic heterocycles. The minimum atomic E-state index is -0.217. The molecule has 2 heterocycles. The molecule has 6 heteroatoms. The molecule has 0 aliphatic carbocycles. The van der Waals surface area contributed by atoms with Gasteiger partial charge in [0.05, 0.1) is 18.1 Å². The number of benzene rings is 1. The summed E-state index contributed by atoms with van der Waals surface area (Å²) in [5.74, 6) is -0.144. The fourth-order valence-electron chi connectivity index (χ4n) is 3.52. The summed E-state index contributed by atoms with van der Waals surface area (Å²) in [6.45, 7) is 6.97. The van der Waals surface area contributed by atoms with Crippen molar-refractivity contribution < 1.29 is 14.3 Å². The van der Waals surface area contributed by atoms with Gasteiger partial charge in [0.15, 0.2) is 0 Å². The van der Waals surface area contributed by atoms with Crippen LogP contribution in [0.1, 0.15) is 32.8 Å². The maximum atomic E-state index is 12.6. The second kappa shape index (κ2) is 7.44.